The first-order valence-corrected chi connectivity index (χ1v) is 10.8. The van der Waals surface area contributed by atoms with Gasteiger partial charge in [-0.2, -0.15) is 0 Å². The molecule has 3 fully saturated rings. The quantitative estimate of drug-likeness (QED) is 0.398. The van der Waals surface area contributed by atoms with E-state index >= 15 is 0 Å². The summed E-state index contributed by atoms with van der Waals surface area (Å²) in [5.41, 5.74) is 0. The van der Waals surface area contributed by atoms with Crippen LogP contribution in [-0.2, 0) is 9.53 Å². The smallest absolute Gasteiger partial charge is 0.157 e. The highest BCUT2D eigenvalue weighted by Crippen LogP contribution is 2.54. The van der Waals surface area contributed by atoms with Gasteiger partial charge in [-0.1, -0.05) is 25.5 Å². The molecule has 0 aromatic carbocycles. The van der Waals surface area contributed by atoms with Crippen LogP contribution in [0.3, 0.4) is 0 Å². The lowest BCUT2D eigenvalue weighted by Gasteiger charge is -2.56. The molecule has 0 aromatic heterocycles. The maximum absolute atomic E-state index is 11.9. The van der Waals surface area contributed by atoms with E-state index in [1.54, 1.807) is 0 Å². The molecule has 3 N–H and O–H groups in total. The van der Waals surface area contributed by atoms with Gasteiger partial charge in [0.05, 0.1) is 18.3 Å². The van der Waals surface area contributed by atoms with E-state index < -0.39 is 6.29 Å². The molecule has 5 nitrogen and oxygen atoms in total. The van der Waals surface area contributed by atoms with Gasteiger partial charge in [-0.15, -0.1) is 0 Å². The molecular formula is C22H34O5. The Morgan fingerprint density at radius 1 is 1.07 bits per heavy atom. The fraction of sp³-hybridized carbons (Fsp3) is 0.864. The minimum atomic E-state index is -1.40. The van der Waals surface area contributed by atoms with Crippen molar-refractivity contribution < 1.29 is 24.9 Å². The Balaban J connectivity index is 1.66. The molecule has 1 saturated heterocycles. The molecule has 0 aromatic rings. The van der Waals surface area contributed by atoms with Crippen LogP contribution in [-0.4, -0.2) is 46.2 Å². The summed E-state index contributed by atoms with van der Waals surface area (Å²) in [6.07, 6.45) is 10.2. The molecule has 0 amide bonds. The summed E-state index contributed by atoms with van der Waals surface area (Å²) in [5.74, 6) is 1.34. The van der Waals surface area contributed by atoms with Gasteiger partial charge in [-0.25, -0.2) is 0 Å². The lowest BCUT2D eigenvalue weighted by atomic mass is 9.56. The van der Waals surface area contributed by atoms with Crippen molar-refractivity contribution in [2.75, 3.05) is 0 Å². The molecule has 5 heteroatoms. The molecule has 9 unspecified atom stereocenters. The number of hydrogen-bond acceptors (Lipinski definition) is 5. The molecule has 0 spiro atoms. The van der Waals surface area contributed by atoms with Crippen molar-refractivity contribution in [1.29, 1.82) is 0 Å². The van der Waals surface area contributed by atoms with E-state index in [4.69, 9.17) is 4.74 Å². The number of hydrogen-bond donors (Lipinski definition) is 3. The number of aldehydes is 1. The highest BCUT2D eigenvalue weighted by molar-refractivity contribution is 5.55. The third-order valence-electron chi connectivity index (χ3n) is 7.94. The van der Waals surface area contributed by atoms with E-state index in [0.29, 0.717) is 36.5 Å². The first-order chi connectivity index (χ1) is 13.0. The van der Waals surface area contributed by atoms with Crippen LogP contribution in [0.25, 0.3) is 0 Å². The average molecular weight is 379 g/mol. The zero-order valence-electron chi connectivity index (χ0n) is 16.2. The largest absolute Gasteiger partial charge is 0.393 e. The van der Waals surface area contributed by atoms with Crippen molar-refractivity contribution in [3.05, 3.63) is 12.2 Å². The fourth-order valence-corrected chi connectivity index (χ4v) is 6.64. The van der Waals surface area contributed by atoms with Crippen LogP contribution in [0.5, 0.6) is 0 Å². The van der Waals surface area contributed by atoms with Gasteiger partial charge in [0.25, 0.3) is 0 Å². The Morgan fingerprint density at radius 2 is 1.89 bits per heavy atom. The number of carbonyl (C=O) groups excluding carboxylic acids is 1. The molecule has 10 atom stereocenters. The predicted molar refractivity (Wildman–Crippen MR) is 101 cm³/mol. The second-order valence-corrected chi connectivity index (χ2v) is 9.49. The lowest BCUT2D eigenvalue weighted by molar-refractivity contribution is -0.208. The maximum Gasteiger partial charge on any atom is 0.157 e. The van der Waals surface area contributed by atoms with E-state index in [1.807, 2.05) is 6.08 Å². The van der Waals surface area contributed by atoms with Gasteiger partial charge in [0, 0.05) is 11.8 Å². The number of rotatable bonds is 3. The first kappa shape index (κ1) is 19.6. The normalized spacial score (nSPS) is 50.1. The number of ether oxygens (including phenoxy) is 1. The SMILES string of the molecule is C[C@H]1CCCC2C(C3C=CC(C(O)O)CC3C=O)C3CCC(O)CC3OC21. The fourth-order valence-electron chi connectivity index (χ4n) is 6.64. The van der Waals surface area contributed by atoms with Crippen LogP contribution in [0.4, 0.5) is 0 Å². The van der Waals surface area contributed by atoms with Crippen molar-refractivity contribution in [3.63, 3.8) is 0 Å². The molecular weight excluding hydrogens is 344 g/mol. The van der Waals surface area contributed by atoms with Crippen LogP contribution in [0, 0.1) is 41.4 Å². The van der Waals surface area contributed by atoms with Crippen LogP contribution >= 0.6 is 0 Å². The second-order valence-electron chi connectivity index (χ2n) is 9.49. The van der Waals surface area contributed by atoms with Crippen molar-refractivity contribution in [2.45, 2.75) is 76.5 Å². The van der Waals surface area contributed by atoms with Gasteiger partial charge in [-0.05, 0) is 68.1 Å². The zero-order valence-corrected chi connectivity index (χ0v) is 16.2. The van der Waals surface area contributed by atoms with Crippen LogP contribution in [0.2, 0.25) is 0 Å². The summed E-state index contributed by atoms with van der Waals surface area (Å²) < 4.78 is 6.57. The molecule has 1 heterocycles. The zero-order chi connectivity index (χ0) is 19.1. The molecule has 2 saturated carbocycles. The lowest BCUT2D eigenvalue weighted by Crippen LogP contribution is -2.56. The Morgan fingerprint density at radius 3 is 2.63 bits per heavy atom. The number of fused-ring (bicyclic) bond motifs is 2. The molecule has 0 radical (unpaired) electrons. The molecule has 27 heavy (non-hydrogen) atoms. The molecule has 3 aliphatic carbocycles. The molecule has 1 aliphatic heterocycles. The first-order valence-electron chi connectivity index (χ1n) is 10.8. The van der Waals surface area contributed by atoms with Crippen molar-refractivity contribution in [1.82, 2.24) is 0 Å². The number of aliphatic hydroxyl groups is 3. The van der Waals surface area contributed by atoms with Gasteiger partial charge in [0.15, 0.2) is 6.29 Å². The van der Waals surface area contributed by atoms with E-state index in [0.717, 1.165) is 25.5 Å². The number of aliphatic hydroxyl groups excluding tert-OH is 2. The van der Waals surface area contributed by atoms with Crippen molar-refractivity contribution in [2.24, 2.45) is 41.4 Å². The highest BCUT2D eigenvalue weighted by atomic mass is 16.5. The minimum absolute atomic E-state index is 0.0856. The molecule has 4 aliphatic rings. The van der Waals surface area contributed by atoms with Crippen LogP contribution < -0.4 is 0 Å². The highest BCUT2D eigenvalue weighted by Gasteiger charge is 2.53. The number of allylic oxidation sites excluding steroid dienone is 1. The average Bonchev–Trinajstić information content (AvgIpc) is 2.66. The van der Waals surface area contributed by atoms with E-state index in [9.17, 15) is 20.1 Å². The Bertz CT molecular complexity index is 561. The predicted octanol–water partition coefficient (Wildman–Crippen LogP) is 2.29. The van der Waals surface area contributed by atoms with E-state index in [1.165, 1.54) is 12.8 Å². The summed E-state index contributed by atoms with van der Waals surface area (Å²) in [6, 6.07) is 0. The Labute approximate surface area is 161 Å². The summed E-state index contributed by atoms with van der Waals surface area (Å²) >= 11 is 0. The Kier molecular flexibility index (Phi) is 5.75. The number of carbonyl (C=O) groups is 1. The van der Waals surface area contributed by atoms with Gasteiger partial charge in [0.2, 0.25) is 0 Å². The summed E-state index contributed by atoms with van der Waals surface area (Å²) in [7, 11) is 0. The summed E-state index contributed by atoms with van der Waals surface area (Å²) in [6.45, 7) is 2.28. The van der Waals surface area contributed by atoms with Gasteiger partial charge < -0.3 is 24.9 Å². The Hall–Kier alpha value is -0.750. The monoisotopic (exact) mass is 378 g/mol. The maximum atomic E-state index is 11.9. The third-order valence-corrected chi connectivity index (χ3v) is 7.94. The third kappa shape index (κ3) is 3.64. The van der Waals surface area contributed by atoms with E-state index in [2.05, 4.69) is 13.0 Å². The van der Waals surface area contributed by atoms with Crippen molar-refractivity contribution >= 4 is 6.29 Å². The topological polar surface area (TPSA) is 87.0 Å². The van der Waals surface area contributed by atoms with Crippen molar-refractivity contribution in [3.8, 4) is 0 Å². The van der Waals surface area contributed by atoms with Gasteiger partial charge >= 0.3 is 0 Å². The van der Waals surface area contributed by atoms with E-state index in [-0.39, 0.29) is 36.1 Å². The summed E-state index contributed by atoms with van der Waals surface area (Å²) in [5, 5.41) is 29.3. The molecule has 0 bridgehead atoms. The second kappa shape index (κ2) is 7.94. The van der Waals surface area contributed by atoms with Crippen LogP contribution in [0.1, 0.15) is 51.9 Å². The minimum Gasteiger partial charge on any atom is -0.393 e. The molecule has 4 rings (SSSR count). The molecule has 152 valence electrons. The standard InChI is InChI=1S/C22H34O5/c1-12-3-2-4-18-20(16-7-5-13(22(25)26)9-14(16)11-23)17-8-6-15(24)10-19(17)27-21(12)18/h5,7,11-22,24-26H,2-4,6,8-10H2,1H3/t12-,13?,14?,15?,16?,17?,18?,19?,20?,21?/m0/s1. The van der Waals surface area contributed by atoms with Crippen LogP contribution in [0.15, 0.2) is 12.2 Å². The summed E-state index contributed by atoms with van der Waals surface area (Å²) in [4.78, 5) is 11.9. The van der Waals surface area contributed by atoms with Gasteiger partial charge in [-0.3, -0.25) is 0 Å². The van der Waals surface area contributed by atoms with Gasteiger partial charge in [0.1, 0.15) is 6.29 Å².